The Morgan fingerprint density at radius 3 is 2.42 bits per heavy atom. The van der Waals surface area contributed by atoms with Crippen molar-refractivity contribution in [2.45, 2.75) is 20.0 Å². The van der Waals surface area contributed by atoms with Gasteiger partial charge in [0, 0.05) is 0 Å². The van der Waals surface area contributed by atoms with E-state index in [4.69, 9.17) is 9.47 Å². The third-order valence-electron chi connectivity index (χ3n) is 3.29. The number of hydrogen-bond acceptors (Lipinski definition) is 4. The lowest BCUT2D eigenvalue weighted by Gasteiger charge is -2.08. The van der Waals surface area contributed by atoms with Gasteiger partial charge in [-0.3, -0.25) is 9.59 Å². The molecule has 5 heteroatoms. The van der Waals surface area contributed by atoms with E-state index in [1.165, 1.54) is 0 Å². The quantitative estimate of drug-likeness (QED) is 0.757. The van der Waals surface area contributed by atoms with E-state index in [-0.39, 0.29) is 32.1 Å². The molecule has 0 aliphatic carbocycles. The minimum absolute atomic E-state index is 0.143. The molecule has 1 N–H and O–H groups in total. The molecule has 5 nitrogen and oxygen atoms in total. The topological polar surface area (TPSA) is 64.6 Å². The number of nitrogens with one attached hydrogen (secondary N) is 1. The highest BCUT2D eigenvalue weighted by atomic mass is 16.5. The molecule has 0 bridgehead atoms. The zero-order valence-electron chi connectivity index (χ0n) is 13.7. The summed E-state index contributed by atoms with van der Waals surface area (Å²) in [5.74, 6) is 0.00102. The predicted octanol–water partition coefficient (Wildman–Crippen LogP) is 2.62. The van der Waals surface area contributed by atoms with Crippen LogP contribution in [0.1, 0.15) is 17.5 Å². The van der Waals surface area contributed by atoms with Crippen molar-refractivity contribution in [3.8, 4) is 5.75 Å². The van der Waals surface area contributed by atoms with Crippen LogP contribution in [-0.2, 0) is 20.9 Å². The van der Waals surface area contributed by atoms with Crippen molar-refractivity contribution < 1.29 is 19.1 Å². The lowest BCUT2D eigenvalue weighted by Crippen LogP contribution is -2.31. The number of carbonyl (C=O) groups is 2. The third kappa shape index (κ3) is 6.52. The minimum atomic E-state index is -0.466. The van der Waals surface area contributed by atoms with Crippen molar-refractivity contribution in [2.75, 3.05) is 13.2 Å². The second-order valence-corrected chi connectivity index (χ2v) is 5.33. The summed E-state index contributed by atoms with van der Waals surface area (Å²) in [6.45, 7) is 2.31. The van der Waals surface area contributed by atoms with Crippen LogP contribution in [0.15, 0.2) is 54.6 Å². The maximum Gasteiger partial charge on any atom is 0.325 e. The summed E-state index contributed by atoms with van der Waals surface area (Å²) in [4.78, 5) is 23.2. The van der Waals surface area contributed by atoms with E-state index in [1.54, 1.807) is 0 Å². The second kappa shape index (κ2) is 9.35. The van der Waals surface area contributed by atoms with E-state index in [9.17, 15) is 9.59 Å². The first-order valence-corrected chi connectivity index (χ1v) is 7.79. The van der Waals surface area contributed by atoms with Crippen LogP contribution in [0.25, 0.3) is 0 Å². The van der Waals surface area contributed by atoms with Crippen LogP contribution in [0.3, 0.4) is 0 Å². The lowest BCUT2D eigenvalue weighted by atomic mass is 10.2. The molecule has 0 saturated carbocycles. The van der Waals surface area contributed by atoms with Gasteiger partial charge in [0.25, 0.3) is 0 Å². The fourth-order valence-corrected chi connectivity index (χ4v) is 1.94. The van der Waals surface area contributed by atoms with Gasteiger partial charge in [-0.15, -0.1) is 0 Å². The third-order valence-corrected chi connectivity index (χ3v) is 3.29. The monoisotopic (exact) mass is 327 g/mol. The van der Waals surface area contributed by atoms with Gasteiger partial charge in [0.15, 0.2) is 0 Å². The molecule has 126 valence electrons. The molecule has 2 aromatic rings. The fraction of sp³-hybridized carbons (Fsp3) is 0.263. The van der Waals surface area contributed by atoms with Crippen LogP contribution >= 0.6 is 0 Å². The minimum Gasteiger partial charge on any atom is -0.493 e. The average Bonchev–Trinajstić information content (AvgIpc) is 2.61. The van der Waals surface area contributed by atoms with E-state index in [0.29, 0.717) is 0 Å². The first-order chi connectivity index (χ1) is 11.6. The van der Waals surface area contributed by atoms with Crippen LogP contribution in [0, 0.1) is 6.92 Å². The Labute approximate surface area is 141 Å². The number of aryl methyl sites for hydroxylation is 1. The van der Waals surface area contributed by atoms with Crippen LogP contribution in [-0.4, -0.2) is 25.0 Å². The van der Waals surface area contributed by atoms with Crippen LogP contribution in [0.4, 0.5) is 0 Å². The molecule has 2 rings (SSSR count). The molecule has 0 unspecified atom stereocenters. The summed E-state index contributed by atoms with van der Waals surface area (Å²) in [6.07, 6.45) is 0.180. The number of amides is 1. The Kier molecular flexibility index (Phi) is 6.83. The van der Waals surface area contributed by atoms with Crippen LogP contribution < -0.4 is 10.1 Å². The molecule has 0 atom stereocenters. The number of ether oxygens (including phenoxy) is 2. The van der Waals surface area contributed by atoms with E-state index < -0.39 is 5.97 Å². The number of rotatable bonds is 8. The van der Waals surface area contributed by atoms with Gasteiger partial charge in [-0.25, -0.2) is 0 Å². The summed E-state index contributed by atoms with van der Waals surface area (Å²) in [7, 11) is 0. The van der Waals surface area contributed by atoms with Gasteiger partial charge in [0.05, 0.1) is 13.0 Å². The first kappa shape index (κ1) is 17.5. The maximum absolute atomic E-state index is 11.7. The Balaban J connectivity index is 1.58. The number of carbonyl (C=O) groups excluding carboxylic acids is 2. The summed E-state index contributed by atoms with van der Waals surface area (Å²) >= 11 is 0. The van der Waals surface area contributed by atoms with Gasteiger partial charge in [0.2, 0.25) is 5.91 Å². The van der Waals surface area contributed by atoms with Crippen molar-refractivity contribution >= 4 is 11.9 Å². The van der Waals surface area contributed by atoms with Crippen molar-refractivity contribution in [1.29, 1.82) is 0 Å². The maximum atomic E-state index is 11.7. The van der Waals surface area contributed by atoms with E-state index >= 15 is 0 Å². The van der Waals surface area contributed by atoms with Crippen LogP contribution in [0.5, 0.6) is 5.75 Å². The fourth-order valence-electron chi connectivity index (χ4n) is 1.94. The lowest BCUT2D eigenvalue weighted by molar-refractivity contribution is -0.145. The normalized spacial score (nSPS) is 10.0. The molecule has 0 radical (unpaired) electrons. The first-order valence-electron chi connectivity index (χ1n) is 7.79. The molecule has 1 amide bonds. The highest BCUT2D eigenvalue weighted by Gasteiger charge is 2.07. The number of esters is 1. The Morgan fingerprint density at radius 2 is 1.71 bits per heavy atom. The predicted molar refractivity (Wildman–Crippen MR) is 90.5 cm³/mol. The van der Waals surface area contributed by atoms with Gasteiger partial charge in [-0.05, 0) is 24.6 Å². The van der Waals surface area contributed by atoms with Gasteiger partial charge in [-0.1, -0.05) is 48.0 Å². The molecule has 0 aromatic heterocycles. The summed E-state index contributed by atoms with van der Waals surface area (Å²) in [5, 5.41) is 2.52. The SMILES string of the molecule is Cc1ccc(OCCC(=O)NCC(=O)OCc2ccccc2)cc1. The average molecular weight is 327 g/mol. The van der Waals surface area contributed by atoms with Gasteiger partial charge < -0.3 is 14.8 Å². The van der Waals surface area contributed by atoms with Crippen molar-refractivity contribution in [1.82, 2.24) is 5.32 Å². The Bertz CT molecular complexity index is 653. The number of hydrogen-bond donors (Lipinski definition) is 1. The Hall–Kier alpha value is -2.82. The highest BCUT2D eigenvalue weighted by molar-refractivity contribution is 5.81. The largest absolute Gasteiger partial charge is 0.493 e. The summed E-state index contributed by atoms with van der Waals surface area (Å²) in [6, 6.07) is 17.0. The molecule has 24 heavy (non-hydrogen) atoms. The highest BCUT2D eigenvalue weighted by Crippen LogP contribution is 2.11. The smallest absolute Gasteiger partial charge is 0.325 e. The molecule has 0 aliphatic heterocycles. The molecular weight excluding hydrogens is 306 g/mol. The molecule has 2 aromatic carbocycles. The van der Waals surface area contributed by atoms with Crippen molar-refractivity contribution in [2.24, 2.45) is 0 Å². The standard InChI is InChI=1S/C19H21NO4/c1-15-7-9-17(10-8-15)23-12-11-18(21)20-13-19(22)24-14-16-5-3-2-4-6-16/h2-10H,11-14H2,1H3,(H,20,21). The summed E-state index contributed by atoms with van der Waals surface area (Å²) in [5.41, 5.74) is 2.05. The molecule has 0 aliphatic rings. The molecule has 0 fully saturated rings. The van der Waals surface area contributed by atoms with E-state index in [1.807, 2.05) is 61.5 Å². The van der Waals surface area contributed by atoms with E-state index in [0.717, 1.165) is 16.9 Å². The van der Waals surface area contributed by atoms with Gasteiger partial charge in [-0.2, -0.15) is 0 Å². The Morgan fingerprint density at radius 1 is 1.00 bits per heavy atom. The van der Waals surface area contributed by atoms with Crippen molar-refractivity contribution in [3.63, 3.8) is 0 Å². The van der Waals surface area contributed by atoms with Crippen LogP contribution in [0.2, 0.25) is 0 Å². The zero-order chi connectivity index (χ0) is 17.2. The van der Waals surface area contributed by atoms with Gasteiger partial charge in [0.1, 0.15) is 18.9 Å². The summed E-state index contributed by atoms with van der Waals surface area (Å²) < 4.78 is 10.5. The van der Waals surface area contributed by atoms with Crippen molar-refractivity contribution in [3.05, 3.63) is 65.7 Å². The molecular formula is C19H21NO4. The van der Waals surface area contributed by atoms with E-state index in [2.05, 4.69) is 5.32 Å². The van der Waals surface area contributed by atoms with Gasteiger partial charge >= 0.3 is 5.97 Å². The number of benzene rings is 2. The molecule has 0 heterocycles. The molecule has 0 spiro atoms. The second-order valence-electron chi connectivity index (χ2n) is 5.33. The molecule has 0 saturated heterocycles. The zero-order valence-corrected chi connectivity index (χ0v) is 13.7.